The van der Waals surface area contributed by atoms with E-state index in [4.69, 9.17) is 4.74 Å². The van der Waals surface area contributed by atoms with Crippen LogP contribution in [0.4, 0.5) is 0 Å². The molecule has 0 fully saturated rings. The summed E-state index contributed by atoms with van der Waals surface area (Å²) in [6.07, 6.45) is 3.22. The first-order chi connectivity index (χ1) is 10.1. The smallest absolute Gasteiger partial charge is 0.307 e. The zero-order valence-corrected chi connectivity index (χ0v) is 13.6. The van der Waals surface area contributed by atoms with E-state index in [2.05, 4.69) is 26.0 Å². The molecule has 0 saturated carbocycles. The molecule has 114 valence electrons. The van der Waals surface area contributed by atoms with Crippen molar-refractivity contribution >= 4 is 33.9 Å². The molecule has 0 aromatic heterocycles. The van der Waals surface area contributed by atoms with E-state index >= 15 is 0 Å². The van der Waals surface area contributed by atoms with Crippen LogP contribution in [0.5, 0.6) is 5.75 Å². The summed E-state index contributed by atoms with van der Waals surface area (Å²) in [6.45, 7) is 2.69. The maximum absolute atomic E-state index is 11.6. The number of halogens is 1. The van der Waals surface area contributed by atoms with Gasteiger partial charge in [-0.15, -0.1) is 0 Å². The summed E-state index contributed by atoms with van der Waals surface area (Å²) < 4.78 is 10.9. The number of hydrogen-bond donors (Lipinski definition) is 1. The molecule has 5 nitrogen and oxygen atoms in total. The predicted octanol–water partition coefficient (Wildman–Crippen LogP) is 2.54. The van der Waals surface area contributed by atoms with Crippen molar-refractivity contribution in [1.29, 1.82) is 0 Å². The van der Waals surface area contributed by atoms with E-state index in [1.54, 1.807) is 6.08 Å². The van der Waals surface area contributed by atoms with Crippen molar-refractivity contribution in [2.75, 3.05) is 20.3 Å². The van der Waals surface area contributed by atoms with Crippen LogP contribution in [0.3, 0.4) is 0 Å². The highest BCUT2D eigenvalue weighted by Gasteiger charge is 2.03. The van der Waals surface area contributed by atoms with Crippen LogP contribution >= 0.6 is 15.9 Å². The minimum absolute atomic E-state index is 0.150. The van der Waals surface area contributed by atoms with Crippen molar-refractivity contribution in [3.63, 3.8) is 0 Å². The molecule has 6 heteroatoms. The van der Waals surface area contributed by atoms with Crippen molar-refractivity contribution < 1.29 is 19.1 Å². The van der Waals surface area contributed by atoms with Gasteiger partial charge in [-0.3, -0.25) is 9.59 Å². The molecule has 0 unspecified atom stereocenters. The molecule has 0 aliphatic heterocycles. The molecule has 0 saturated heterocycles. The molecular formula is C15H18BrNO4. The highest BCUT2D eigenvalue weighted by molar-refractivity contribution is 9.10. The van der Waals surface area contributed by atoms with Gasteiger partial charge in [-0.1, -0.05) is 15.9 Å². The van der Waals surface area contributed by atoms with Crippen LogP contribution in [0.15, 0.2) is 28.7 Å². The second kappa shape index (κ2) is 9.18. The largest absolute Gasteiger partial charge is 0.493 e. The number of amides is 1. The van der Waals surface area contributed by atoms with E-state index in [1.165, 1.54) is 13.2 Å². The number of carbonyl (C=O) groups is 2. The molecule has 0 atom stereocenters. The average molecular weight is 356 g/mol. The van der Waals surface area contributed by atoms with Crippen LogP contribution in [0.1, 0.15) is 18.9 Å². The molecule has 0 radical (unpaired) electrons. The van der Waals surface area contributed by atoms with Gasteiger partial charge in [0.15, 0.2) is 0 Å². The number of esters is 1. The summed E-state index contributed by atoms with van der Waals surface area (Å²) >= 11 is 3.38. The molecular weight excluding hydrogens is 338 g/mol. The lowest BCUT2D eigenvalue weighted by Crippen LogP contribution is -2.24. The second-order valence-corrected chi connectivity index (χ2v) is 4.98. The predicted molar refractivity (Wildman–Crippen MR) is 84.0 cm³/mol. The fourth-order valence-electron chi connectivity index (χ4n) is 1.55. The maximum Gasteiger partial charge on any atom is 0.307 e. The molecule has 21 heavy (non-hydrogen) atoms. The van der Waals surface area contributed by atoms with Crippen molar-refractivity contribution in [3.05, 3.63) is 34.3 Å². The Labute approximate surface area is 132 Å². The van der Waals surface area contributed by atoms with E-state index in [0.717, 1.165) is 10.0 Å². The van der Waals surface area contributed by atoms with E-state index in [1.807, 2.05) is 25.1 Å². The Morgan fingerprint density at radius 3 is 2.81 bits per heavy atom. The van der Waals surface area contributed by atoms with E-state index in [0.29, 0.717) is 12.4 Å². The lowest BCUT2D eigenvalue weighted by atomic mass is 10.2. The molecule has 0 bridgehead atoms. The van der Waals surface area contributed by atoms with Crippen LogP contribution < -0.4 is 10.1 Å². The lowest BCUT2D eigenvalue weighted by molar-refractivity contribution is -0.140. The standard InChI is InChI=1S/C15H18BrNO4/c1-3-21-13-6-5-12(16)10-11(13)4-7-14(18)17-9-8-15(19)20-2/h4-7,10H,3,8-9H2,1-2H3,(H,17,18)/b7-4+. The van der Waals surface area contributed by atoms with Gasteiger partial charge in [-0.2, -0.15) is 0 Å². The minimum Gasteiger partial charge on any atom is -0.493 e. The highest BCUT2D eigenvalue weighted by atomic mass is 79.9. The Bertz CT molecular complexity index is 528. The maximum atomic E-state index is 11.6. The summed E-state index contributed by atoms with van der Waals surface area (Å²) in [5, 5.41) is 2.61. The molecule has 0 spiro atoms. The molecule has 1 aromatic carbocycles. The first kappa shape index (κ1) is 17.2. The summed E-state index contributed by atoms with van der Waals surface area (Å²) in [6, 6.07) is 5.57. The summed E-state index contributed by atoms with van der Waals surface area (Å²) in [7, 11) is 1.31. The second-order valence-electron chi connectivity index (χ2n) is 4.07. The van der Waals surface area contributed by atoms with Crippen molar-refractivity contribution in [2.24, 2.45) is 0 Å². The monoisotopic (exact) mass is 355 g/mol. The quantitative estimate of drug-likeness (QED) is 0.602. The van der Waals surface area contributed by atoms with Crippen molar-refractivity contribution in [2.45, 2.75) is 13.3 Å². The van der Waals surface area contributed by atoms with Gasteiger partial charge in [-0.05, 0) is 31.2 Å². The SMILES string of the molecule is CCOc1ccc(Br)cc1/C=C/C(=O)NCCC(=O)OC. The number of ether oxygens (including phenoxy) is 2. The molecule has 1 amide bonds. The molecule has 0 heterocycles. The topological polar surface area (TPSA) is 64.6 Å². The zero-order valence-electron chi connectivity index (χ0n) is 12.0. The third-order valence-corrected chi connectivity index (χ3v) is 3.04. The number of benzene rings is 1. The van der Waals surface area contributed by atoms with Gasteiger partial charge in [0.1, 0.15) is 5.75 Å². The van der Waals surface area contributed by atoms with Gasteiger partial charge >= 0.3 is 5.97 Å². The van der Waals surface area contributed by atoms with Crippen LogP contribution in [0, 0.1) is 0 Å². The fraction of sp³-hybridized carbons (Fsp3) is 0.333. The van der Waals surface area contributed by atoms with Crippen molar-refractivity contribution in [3.8, 4) is 5.75 Å². The van der Waals surface area contributed by atoms with Gasteiger partial charge < -0.3 is 14.8 Å². The number of methoxy groups -OCH3 is 1. The Morgan fingerprint density at radius 1 is 1.38 bits per heavy atom. The van der Waals surface area contributed by atoms with Gasteiger partial charge in [0.05, 0.1) is 20.1 Å². The van der Waals surface area contributed by atoms with Crippen LogP contribution in [0.25, 0.3) is 6.08 Å². The normalized spacial score (nSPS) is 10.4. The first-order valence-corrected chi connectivity index (χ1v) is 7.31. The zero-order chi connectivity index (χ0) is 15.7. The van der Waals surface area contributed by atoms with Gasteiger partial charge in [-0.25, -0.2) is 0 Å². The third kappa shape index (κ3) is 6.44. The lowest BCUT2D eigenvalue weighted by Gasteiger charge is -2.07. The minimum atomic E-state index is -0.357. The Kier molecular flexibility index (Phi) is 7.53. The van der Waals surface area contributed by atoms with E-state index in [-0.39, 0.29) is 24.8 Å². The number of nitrogens with one attached hydrogen (secondary N) is 1. The Hall–Kier alpha value is -1.82. The third-order valence-electron chi connectivity index (χ3n) is 2.54. The molecule has 1 N–H and O–H groups in total. The number of carbonyl (C=O) groups excluding carboxylic acids is 2. The Balaban J connectivity index is 2.60. The summed E-state index contributed by atoms with van der Waals surface area (Å²) in [4.78, 5) is 22.6. The first-order valence-electron chi connectivity index (χ1n) is 6.52. The highest BCUT2D eigenvalue weighted by Crippen LogP contribution is 2.24. The van der Waals surface area contributed by atoms with Gasteiger partial charge in [0.25, 0.3) is 0 Å². The average Bonchev–Trinajstić information content (AvgIpc) is 2.47. The van der Waals surface area contributed by atoms with Crippen LogP contribution in [-0.4, -0.2) is 32.1 Å². The number of hydrogen-bond acceptors (Lipinski definition) is 4. The van der Waals surface area contributed by atoms with Crippen LogP contribution in [-0.2, 0) is 14.3 Å². The fourth-order valence-corrected chi connectivity index (χ4v) is 1.93. The van der Waals surface area contributed by atoms with E-state index in [9.17, 15) is 9.59 Å². The molecule has 1 rings (SSSR count). The number of rotatable bonds is 7. The Morgan fingerprint density at radius 2 is 2.14 bits per heavy atom. The van der Waals surface area contributed by atoms with E-state index < -0.39 is 0 Å². The molecule has 1 aromatic rings. The van der Waals surface area contributed by atoms with Crippen LogP contribution in [0.2, 0.25) is 0 Å². The van der Waals surface area contributed by atoms with Crippen molar-refractivity contribution in [1.82, 2.24) is 5.32 Å². The van der Waals surface area contributed by atoms with Gasteiger partial charge in [0.2, 0.25) is 5.91 Å². The molecule has 0 aliphatic carbocycles. The molecule has 0 aliphatic rings. The summed E-state index contributed by atoms with van der Waals surface area (Å²) in [5.41, 5.74) is 0.800. The summed E-state index contributed by atoms with van der Waals surface area (Å²) in [5.74, 6) is 0.0746. The van der Waals surface area contributed by atoms with Gasteiger partial charge in [0, 0.05) is 22.7 Å².